The summed E-state index contributed by atoms with van der Waals surface area (Å²) in [5, 5.41) is 25.1. The zero-order valence-corrected chi connectivity index (χ0v) is 21.3. The maximum absolute atomic E-state index is 13.3. The van der Waals surface area contributed by atoms with E-state index in [4.69, 9.17) is 0 Å². The van der Waals surface area contributed by atoms with Gasteiger partial charge in [0.15, 0.2) is 5.78 Å². The number of aromatic amines is 1. The number of aromatic nitrogens is 1. The standard InChI is InChI=1S/C27H38BN3O5/c1-18(2)16-25(28(35)36)31-27(34)23-17-20-12-9-8-11-19(20)10-6-4-3-5-7-13-24(32)21-14-15-22(29-21)26(33)30-23/h8-9,11-12,14-15,18,23,25,29,35-36H,3-7,10,13,16-17H2,1-2H3,(H,30,33)(H,31,34)/t23-,25-/m0/s1. The first kappa shape index (κ1) is 27.7. The molecule has 194 valence electrons. The molecule has 3 rings (SSSR count). The lowest BCUT2D eigenvalue weighted by Crippen LogP contribution is -2.55. The molecule has 2 aromatic rings. The summed E-state index contributed by atoms with van der Waals surface area (Å²) in [6.45, 7) is 3.86. The van der Waals surface area contributed by atoms with Gasteiger partial charge < -0.3 is 25.7 Å². The molecule has 1 aliphatic heterocycles. The second-order valence-corrected chi connectivity index (χ2v) is 10.1. The number of benzene rings is 1. The first-order valence-corrected chi connectivity index (χ1v) is 13.0. The second-order valence-electron chi connectivity index (χ2n) is 10.1. The average Bonchev–Trinajstić information content (AvgIpc) is 3.33. The first-order chi connectivity index (χ1) is 17.2. The summed E-state index contributed by atoms with van der Waals surface area (Å²) >= 11 is 0. The average molecular weight is 495 g/mol. The zero-order chi connectivity index (χ0) is 26.1. The molecule has 5 N–H and O–H groups in total. The lowest BCUT2D eigenvalue weighted by molar-refractivity contribution is -0.123. The number of ketones is 1. The Morgan fingerprint density at radius 2 is 1.61 bits per heavy atom. The maximum Gasteiger partial charge on any atom is 0.475 e. The molecular formula is C27H38BN3O5. The van der Waals surface area contributed by atoms with Crippen LogP contribution in [0, 0.1) is 5.92 Å². The van der Waals surface area contributed by atoms with Gasteiger partial charge in [-0.25, -0.2) is 0 Å². The minimum Gasteiger partial charge on any atom is -0.426 e. The molecule has 8 nitrogen and oxygen atoms in total. The highest BCUT2D eigenvalue weighted by molar-refractivity contribution is 6.43. The number of fused-ring (bicyclic) bond motifs is 3. The van der Waals surface area contributed by atoms with Crippen molar-refractivity contribution >= 4 is 24.7 Å². The normalized spacial score (nSPS) is 18.6. The van der Waals surface area contributed by atoms with Crippen LogP contribution >= 0.6 is 0 Å². The number of hydrogen-bond acceptors (Lipinski definition) is 5. The zero-order valence-electron chi connectivity index (χ0n) is 21.3. The van der Waals surface area contributed by atoms with Crippen LogP contribution in [-0.4, -0.2) is 51.7 Å². The van der Waals surface area contributed by atoms with Gasteiger partial charge in [-0.3, -0.25) is 14.4 Å². The summed E-state index contributed by atoms with van der Waals surface area (Å²) in [6, 6.07) is 10.1. The number of rotatable bonds is 5. The predicted molar refractivity (Wildman–Crippen MR) is 140 cm³/mol. The molecule has 1 aromatic heterocycles. The quantitative estimate of drug-likeness (QED) is 0.407. The van der Waals surface area contributed by atoms with Gasteiger partial charge in [0.05, 0.1) is 11.6 Å². The van der Waals surface area contributed by atoms with Gasteiger partial charge in [0.1, 0.15) is 11.7 Å². The van der Waals surface area contributed by atoms with Crippen molar-refractivity contribution in [2.45, 2.75) is 83.6 Å². The third kappa shape index (κ3) is 8.06. The summed E-state index contributed by atoms with van der Waals surface area (Å²) in [5.41, 5.74) is 2.69. The second kappa shape index (κ2) is 13.4. The van der Waals surface area contributed by atoms with Crippen LogP contribution in [0.15, 0.2) is 36.4 Å². The SMILES string of the molecule is CC(C)C[C@H](NC(=O)[C@@H]1Cc2ccccc2CCCCCCCC(=O)c2ccc([nH]2)C(=O)N1)B(O)O. The molecule has 0 spiro atoms. The largest absolute Gasteiger partial charge is 0.475 e. The highest BCUT2D eigenvalue weighted by Crippen LogP contribution is 2.18. The minimum atomic E-state index is -1.72. The van der Waals surface area contributed by atoms with E-state index in [9.17, 15) is 24.4 Å². The molecule has 0 aliphatic carbocycles. The third-order valence-electron chi connectivity index (χ3n) is 6.66. The van der Waals surface area contributed by atoms with Gasteiger partial charge in [-0.15, -0.1) is 0 Å². The van der Waals surface area contributed by atoms with E-state index in [1.807, 2.05) is 32.0 Å². The molecule has 2 atom stereocenters. The summed E-state index contributed by atoms with van der Waals surface area (Å²) in [6.07, 6.45) is 6.83. The Hall–Kier alpha value is -2.91. The van der Waals surface area contributed by atoms with Gasteiger partial charge in [0, 0.05) is 12.8 Å². The Balaban J connectivity index is 1.89. The first-order valence-electron chi connectivity index (χ1n) is 13.0. The van der Waals surface area contributed by atoms with Crippen molar-refractivity contribution in [3.05, 3.63) is 58.9 Å². The monoisotopic (exact) mass is 495 g/mol. The van der Waals surface area contributed by atoms with E-state index in [-0.39, 0.29) is 23.8 Å². The molecule has 0 fully saturated rings. The fourth-order valence-corrected chi connectivity index (χ4v) is 4.67. The van der Waals surface area contributed by atoms with Crippen LogP contribution in [0.25, 0.3) is 0 Å². The van der Waals surface area contributed by atoms with E-state index < -0.39 is 30.9 Å². The Morgan fingerprint density at radius 3 is 2.31 bits per heavy atom. The molecule has 2 heterocycles. The number of Topliss-reactive ketones (excluding diaryl/α,β-unsaturated/α-hetero) is 1. The summed E-state index contributed by atoms with van der Waals surface area (Å²) in [7, 11) is -1.72. The van der Waals surface area contributed by atoms with Crippen LogP contribution in [0.2, 0.25) is 0 Å². The van der Waals surface area contributed by atoms with Gasteiger partial charge in [-0.05, 0) is 54.9 Å². The number of nitrogens with one attached hydrogen (secondary N) is 3. The van der Waals surface area contributed by atoms with Crippen molar-refractivity contribution in [1.82, 2.24) is 15.6 Å². The summed E-state index contributed by atoms with van der Waals surface area (Å²) < 4.78 is 0. The molecule has 0 saturated heterocycles. The highest BCUT2D eigenvalue weighted by atomic mass is 16.4. The third-order valence-corrected chi connectivity index (χ3v) is 6.66. The molecular weight excluding hydrogens is 457 g/mol. The summed E-state index contributed by atoms with van der Waals surface area (Å²) in [5.74, 6) is -1.75. The number of H-pyrrole nitrogens is 1. The number of hydrogen-bond donors (Lipinski definition) is 5. The molecule has 9 heteroatoms. The predicted octanol–water partition coefficient (Wildman–Crippen LogP) is 2.98. The van der Waals surface area contributed by atoms with Crippen molar-refractivity contribution in [3.63, 3.8) is 0 Å². The Bertz CT molecular complexity index is 1040. The highest BCUT2D eigenvalue weighted by Gasteiger charge is 2.31. The van der Waals surface area contributed by atoms with Crippen molar-refractivity contribution in [2.75, 3.05) is 0 Å². The van der Waals surface area contributed by atoms with Crippen molar-refractivity contribution < 1.29 is 24.4 Å². The summed E-state index contributed by atoms with van der Waals surface area (Å²) in [4.78, 5) is 41.8. The molecule has 1 aliphatic rings. The van der Waals surface area contributed by atoms with E-state index in [1.165, 1.54) is 0 Å². The molecule has 36 heavy (non-hydrogen) atoms. The van der Waals surface area contributed by atoms with Crippen LogP contribution < -0.4 is 10.6 Å². The molecule has 0 saturated carbocycles. The van der Waals surface area contributed by atoms with E-state index in [0.29, 0.717) is 18.5 Å². The van der Waals surface area contributed by atoms with Crippen LogP contribution in [0.3, 0.4) is 0 Å². The molecule has 0 radical (unpaired) electrons. The molecule has 1 aromatic carbocycles. The van der Waals surface area contributed by atoms with Gasteiger partial charge in [0.25, 0.3) is 5.91 Å². The Labute approximate surface area is 213 Å². The lowest BCUT2D eigenvalue weighted by Gasteiger charge is -2.25. The number of amides is 2. The van der Waals surface area contributed by atoms with E-state index >= 15 is 0 Å². The van der Waals surface area contributed by atoms with E-state index in [2.05, 4.69) is 21.7 Å². The van der Waals surface area contributed by atoms with Crippen LogP contribution in [0.5, 0.6) is 0 Å². The van der Waals surface area contributed by atoms with Gasteiger partial charge >= 0.3 is 7.12 Å². The number of carbonyl (C=O) groups excluding carboxylic acids is 3. The smallest absolute Gasteiger partial charge is 0.426 e. The lowest BCUT2D eigenvalue weighted by atomic mass is 9.75. The van der Waals surface area contributed by atoms with Crippen LogP contribution in [0.1, 0.15) is 90.9 Å². The van der Waals surface area contributed by atoms with E-state index in [1.54, 1.807) is 12.1 Å². The minimum absolute atomic E-state index is 0.0338. The van der Waals surface area contributed by atoms with Gasteiger partial charge in [0.2, 0.25) is 5.91 Å². The number of aryl methyl sites for hydroxylation is 1. The van der Waals surface area contributed by atoms with Gasteiger partial charge in [-0.1, -0.05) is 57.4 Å². The number of carbonyl (C=O) groups is 3. The van der Waals surface area contributed by atoms with Crippen molar-refractivity contribution in [2.24, 2.45) is 5.92 Å². The van der Waals surface area contributed by atoms with Crippen LogP contribution in [0.4, 0.5) is 0 Å². The maximum atomic E-state index is 13.3. The van der Waals surface area contributed by atoms with Gasteiger partial charge in [-0.2, -0.15) is 0 Å². The van der Waals surface area contributed by atoms with Crippen LogP contribution in [-0.2, 0) is 17.6 Å². The molecule has 0 unspecified atom stereocenters. The fraction of sp³-hybridized carbons (Fsp3) is 0.519. The Morgan fingerprint density at radius 1 is 0.972 bits per heavy atom. The molecule has 2 amide bonds. The molecule has 2 bridgehead atoms. The fourth-order valence-electron chi connectivity index (χ4n) is 4.67. The van der Waals surface area contributed by atoms with Crippen molar-refractivity contribution in [1.29, 1.82) is 0 Å². The van der Waals surface area contributed by atoms with E-state index in [0.717, 1.165) is 49.7 Å². The Kier molecular flexibility index (Phi) is 10.3. The topological polar surface area (TPSA) is 132 Å². The van der Waals surface area contributed by atoms with Crippen molar-refractivity contribution in [3.8, 4) is 0 Å².